The average molecular weight is 402 g/mol. The van der Waals surface area contributed by atoms with Crippen molar-refractivity contribution in [3.05, 3.63) is 94.2 Å². The second-order valence-electron chi connectivity index (χ2n) is 6.27. The molecule has 0 atom stereocenters. The van der Waals surface area contributed by atoms with Gasteiger partial charge in [0.25, 0.3) is 5.56 Å². The fourth-order valence-electron chi connectivity index (χ4n) is 3.12. The SMILES string of the molecule is O=c1c2ccccc2c(SCc2nc3ccccc3s2)nn1-c1ccccc1. The molecule has 0 bridgehead atoms. The molecule has 0 saturated heterocycles. The van der Waals surface area contributed by atoms with E-state index in [2.05, 4.69) is 11.2 Å². The van der Waals surface area contributed by atoms with Crippen molar-refractivity contribution >= 4 is 44.1 Å². The second-order valence-corrected chi connectivity index (χ2v) is 8.35. The molecule has 3 aromatic carbocycles. The molecule has 0 aliphatic rings. The highest BCUT2D eigenvalue weighted by atomic mass is 32.2. The number of rotatable bonds is 4. The van der Waals surface area contributed by atoms with Crippen molar-refractivity contribution in [1.82, 2.24) is 14.8 Å². The molecule has 2 aromatic heterocycles. The summed E-state index contributed by atoms with van der Waals surface area (Å²) >= 11 is 3.31. The zero-order valence-electron chi connectivity index (χ0n) is 14.8. The first-order valence-electron chi connectivity index (χ1n) is 8.84. The average Bonchev–Trinajstić information content (AvgIpc) is 3.17. The van der Waals surface area contributed by atoms with Gasteiger partial charge in [-0.2, -0.15) is 9.78 Å². The summed E-state index contributed by atoms with van der Waals surface area (Å²) in [7, 11) is 0. The van der Waals surface area contributed by atoms with E-state index in [4.69, 9.17) is 4.98 Å². The number of benzene rings is 3. The normalized spacial score (nSPS) is 11.3. The van der Waals surface area contributed by atoms with E-state index in [0.29, 0.717) is 11.1 Å². The van der Waals surface area contributed by atoms with Gasteiger partial charge < -0.3 is 0 Å². The summed E-state index contributed by atoms with van der Waals surface area (Å²) in [6.07, 6.45) is 0. The minimum atomic E-state index is -0.105. The van der Waals surface area contributed by atoms with Gasteiger partial charge in [0.05, 0.1) is 27.0 Å². The number of fused-ring (bicyclic) bond motifs is 2. The van der Waals surface area contributed by atoms with Crippen LogP contribution in [0.15, 0.2) is 88.7 Å². The van der Waals surface area contributed by atoms with Crippen LogP contribution in [0.2, 0.25) is 0 Å². The molecule has 136 valence electrons. The number of para-hydroxylation sites is 2. The molecule has 0 spiro atoms. The molecule has 6 heteroatoms. The van der Waals surface area contributed by atoms with E-state index in [-0.39, 0.29) is 5.56 Å². The molecule has 5 rings (SSSR count). The molecule has 0 N–H and O–H groups in total. The highest BCUT2D eigenvalue weighted by molar-refractivity contribution is 7.98. The van der Waals surface area contributed by atoms with Crippen molar-refractivity contribution < 1.29 is 0 Å². The van der Waals surface area contributed by atoms with Gasteiger partial charge in [-0.1, -0.05) is 60.3 Å². The first-order chi connectivity index (χ1) is 13.8. The minimum Gasteiger partial charge on any atom is -0.267 e. The van der Waals surface area contributed by atoms with E-state index in [9.17, 15) is 4.79 Å². The van der Waals surface area contributed by atoms with Crippen LogP contribution in [-0.4, -0.2) is 14.8 Å². The highest BCUT2D eigenvalue weighted by Crippen LogP contribution is 2.30. The maximum absolute atomic E-state index is 13.0. The molecule has 5 aromatic rings. The van der Waals surface area contributed by atoms with Gasteiger partial charge in [0.1, 0.15) is 10.0 Å². The molecule has 2 heterocycles. The minimum absolute atomic E-state index is 0.105. The highest BCUT2D eigenvalue weighted by Gasteiger charge is 2.13. The summed E-state index contributed by atoms with van der Waals surface area (Å²) < 4.78 is 2.67. The fourth-order valence-corrected chi connectivity index (χ4v) is 5.10. The van der Waals surface area contributed by atoms with Crippen molar-refractivity contribution in [2.24, 2.45) is 0 Å². The number of thioether (sulfide) groups is 1. The van der Waals surface area contributed by atoms with E-state index >= 15 is 0 Å². The molecule has 28 heavy (non-hydrogen) atoms. The zero-order chi connectivity index (χ0) is 18.9. The van der Waals surface area contributed by atoms with Crippen LogP contribution in [0.1, 0.15) is 5.01 Å². The molecular weight excluding hydrogens is 386 g/mol. The summed E-state index contributed by atoms with van der Waals surface area (Å²) in [4.78, 5) is 17.7. The molecule has 4 nitrogen and oxygen atoms in total. The van der Waals surface area contributed by atoms with E-state index in [0.717, 1.165) is 26.6 Å². The Morgan fingerprint density at radius 1 is 0.857 bits per heavy atom. The van der Waals surface area contributed by atoms with Crippen LogP contribution in [0, 0.1) is 0 Å². The van der Waals surface area contributed by atoms with Crippen molar-refractivity contribution in [2.45, 2.75) is 10.8 Å². The third kappa shape index (κ3) is 3.10. The van der Waals surface area contributed by atoms with Crippen molar-refractivity contribution in [2.75, 3.05) is 0 Å². The van der Waals surface area contributed by atoms with E-state index in [1.165, 1.54) is 9.38 Å². The van der Waals surface area contributed by atoms with Gasteiger partial charge in [-0.15, -0.1) is 11.3 Å². The van der Waals surface area contributed by atoms with Crippen LogP contribution >= 0.6 is 23.1 Å². The van der Waals surface area contributed by atoms with Gasteiger partial charge >= 0.3 is 0 Å². The Labute approximate surface area is 169 Å². The molecule has 0 aliphatic carbocycles. The van der Waals surface area contributed by atoms with Gasteiger partial charge in [0.2, 0.25) is 0 Å². The van der Waals surface area contributed by atoms with Crippen LogP contribution in [0.3, 0.4) is 0 Å². The first-order valence-corrected chi connectivity index (χ1v) is 10.6. The molecule has 0 unspecified atom stereocenters. The Kier molecular flexibility index (Phi) is 4.43. The molecule has 0 radical (unpaired) electrons. The lowest BCUT2D eigenvalue weighted by Gasteiger charge is -2.10. The Balaban J connectivity index is 1.58. The fraction of sp³-hybridized carbons (Fsp3) is 0.0455. The Hall–Kier alpha value is -2.96. The van der Waals surface area contributed by atoms with Crippen molar-refractivity contribution in [3.63, 3.8) is 0 Å². The van der Waals surface area contributed by atoms with Crippen molar-refractivity contribution in [3.8, 4) is 5.69 Å². The van der Waals surface area contributed by atoms with Gasteiger partial charge in [0, 0.05) is 5.39 Å². The monoisotopic (exact) mass is 401 g/mol. The molecule has 0 aliphatic heterocycles. The predicted molar refractivity (Wildman–Crippen MR) is 117 cm³/mol. The van der Waals surface area contributed by atoms with Gasteiger partial charge in [-0.3, -0.25) is 4.79 Å². The largest absolute Gasteiger partial charge is 0.279 e. The predicted octanol–water partition coefficient (Wildman–Crippen LogP) is 5.29. The van der Waals surface area contributed by atoms with E-state index in [1.54, 1.807) is 23.1 Å². The van der Waals surface area contributed by atoms with E-state index < -0.39 is 0 Å². The summed E-state index contributed by atoms with van der Waals surface area (Å²) in [6, 6.07) is 25.3. The Bertz CT molecular complexity index is 1310. The van der Waals surface area contributed by atoms with Crippen LogP contribution in [0.5, 0.6) is 0 Å². The maximum atomic E-state index is 13.0. The molecular formula is C22H15N3OS2. The number of hydrogen-bond donors (Lipinski definition) is 0. The number of thiazole rings is 1. The second kappa shape index (κ2) is 7.22. The standard InChI is InChI=1S/C22H15N3OS2/c26-22-17-11-5-4-10-16(17)21(24-25(22)15-8-2-1-3-9-15)27-14-20-23-18-12-6-7-13-19(18)28-20/h1-13H,14H2. The zero-order valence-corrected chi connectivity index (χ0v) is 16.4. The van der Waals surface area contributed by atoms with Crippen LogP contribution in [-0.2, 0) is 5.75 Å². The molecule has 0 amide bonds. The maximum Gasteiger partial charge on any atom is 0.279 e. The quantitative estimate of drug-likeness (QED) is 0.384. The van der Waals surface area contributed by atoms with E-state index in [1.807, 2.05) is 72.8 Å². The van der Waals surface area contributed by atoms with Crippen molar-refractivity contribution in [1.29, 1.82) is 0 Å². The first kappa shape index (κ1) is 17.2. The Morgan fingerprint density at radius 2 is 1.57 bits per heavy atom. The Morgan fingerprint density at radius 3 is 2.39 bits per heavy atom. The third-order valence-corrected chi connectivity index (χ3v) is 6.65. The number of hydrogen-bond acceptors (Lipinski definition) is 5. The third-order valence-electron chi connectivity index (χ3n) is 4.44. The van der Waals surface area contributed by atoms with Gasteiger partial charge in [-0.25, -0.2) is 4.98 Å². The summed E-state index contributed by atoms with van der Waals surface area (Å²) in [5.41, 5.74) is 1.68. The summed E-state index contributed by atoms with van der Waals surface area (Å²) in [6.45, 7) is 0. The van der Waals surface area contributed by atoms with Gasteiger partial charge in [0.15, 0.2) is 0 Å². The van der Waals surface area contributed by atoms with Crippen LogP contribution in [0.25, 0.3) is 26.7 Å². The lowest BCUT2D eigenvalue weighted by Crippen LogP contribution is -2.22. The van der Waals surface area contributed by atoms with Crippen LogP contribution < -0.4 is 5.56 Å². The van der Waals surface area contributed by atoms with Gasteiger partial charge in [-0.05, 0) is 30.3 Å². The lowest BCUT2D eigenvalue weighted by atomic mass is 10.2. The number of aromatic nitrogens is 3. The smallest absolute Gasteiger partial charge is 0.267 e. The number of nitrogens with zero attached hydrogens (tertiary/aromatic N) is 3. The van der Waals surface area contributed by atoms with Crippen LogP contribution in [0.4, 0.5) is 0 Å². The molecule has 0 fully saturated rings. The summed E-state index contributed by atoms with van der Waals surface area (Å²) in [5.74, 6) is 0.712. The summed E-state index contributed by atoms with van der Waals surface area (Å²) in [5, 5.41) is 8.12. The molecule has 0 saturated carbocycles. The lowest BCUT2D eigenvalue weighted by molar-refractivity contribution is 0.772. The topological polar surface area (TPSA) is 47.8 Å².